The standard InChI is InChI=1S/C47H37N/c1-3-15-30(16-4-1)48(31-17-5-2-6-18-31)43-28-14-24-36-34-21-9-11-26-40(34)47(46(36)43)41-27-12-10-22-37(41)45-38-25-13-23-35-32-19-7-8-20-33(32)39(44(35)38)29-42(45)47/h1,3-5,7,9,11-19,21,23-29,36,46H,2,6,8,10,20,22H2. The third kappa shape index (κ3) is 3.32. The van der Waals surface area contributed by atoms with Crippen molar-refractivity contribution >= 4 is 33.2 Å². The lowest BCUT2D eigenvalue weighted by Gasteiger charge is -2.44. The van der Waals surface area contributed by atoms with Gasteiger partial charge in [0.1, 0.15) is 0 Å². The lowest BCUT2D eigenvalue weighted by atomic mass is 9.62. The van der Waals surface area contributed by atoms with E-state index in [1.54, 1.807) is 11.1 Å². The van der Waals surface area contributed by atoms with Gasteiger partial charge in [-0.25, -0.2) is 0 Å². The largest absolute Gasteiger partial charge is 0.314 e. The van der Waals surface area contributed by atoms with Crippen LogP contribution in [-0.4, -0.2) is 0 Å². The van der Waals surface area contributed by atoms with E-state index in [1.807, 2.05) is 0 Å². The molecule has 7 aliphatic carbocycles. The molecule has 0 bridgehead atoms. The Morgan fingerprint density at radius 3 is 2.42 bits per heavy atom. The fraction of sp³-hybridized carbons (Fsp3) is 0.191. The van der Waals surface area contributed by atoms with Crippen molar-refractivity contribution in [2.45, 2.75) is 49.9 Å². The summed E-state index contributed by atoms with van der Waals surface area (Å²) >= 11 is 0. The van der Waals surface area contributed by atoms with E-state index in [1.165, 1.54) is 72.4 Å². The van der Waals surface area contributed by atoms with Gasteiger partial charge in [0.05, 0.1) is 5.41 Å². The summed E-state index contributed by atoms with van der Waals surface area (Å²) in [6.45, 7) is 0. The van der Waals surface area contributed by atoms with Gasteiger partial charge in [-0.15, -0.1) is 0 Å². The topological polar surface area (TPSA) is 3.24 Å². The summed E-state index contributed by atoms with van der Waals surface area (Å²) < 4.78 is 0. The number of rotatable bonds is 3. The van der Waals surface area contributed by atoms with Crippen molar-refractivity contribution in [1.29, 1.82) is 0 Å². The van der Waals surface area contributed by atoms with E-state index in [2.05, 4.69) is 145 Å². The monoisotopic (exact) mass is 615 g/mol. The second-order valence-corrected chi connectivity index (χ2v) is 14.4. The third-order valence-electron chi connectivity index (χ3n) is 12.2. The predicted octanol–water partition coefficient (Wildman–Crippen LogP) is 11.7. The van der Waals surface area contributed by atoms with Gasteiger partial charge in [-0.1, -0.05) is 109 Å². The van der Waals surface area contributed by atoms with Crippen molar-refractivity contribution in [1.82, 2.24) is 0 Å². The Kier molecular flexibility index (Phi) is 5.56. The van der Waals surface area contributed by atoms with Crippen LogP contribution in [0.5, 0.6) is 0 Å². The Hall–Kier alpha value is -5.14. The summed E-state index contributed by atoms with van der Waals surface area (Å²) in [5, 5.41) is 2.94. The number of para-hydroxylation sites is 1. The fourth-order valence-corrected chi connectivity index (χ4v) is 10.6. The summed E-state index contributed by atoms with van der Waals surface area (Å²) in [6.07, 6.45) is 30.8. The summed E-state index contributed by atoms with van der Waals surface area (Å²) in [7, 11) is 0. The van der Waals surface area contributed by atoms with Gasteiger partial charge in [0, 0.05) is 28.9 Å². The maximum atomic E-state index is 2.69. The van der Waals surface area contributed by atoms with Gasteiger partial charge >= 0.3 is 0 Å². The van der Waals surface area contributed by atoms with Gasteiger partial charge in [-0.3, -0.25) is 0 Å². The Labute approximate surface area is 283 Å². The molecular formula is C47H37N. The van der Waals surface area contributed by atoms with Gasteiger partial charge in [0.2, 0.25) is 0 Å². The Morgan fingerprint density at radius 1 is 0.688 bits per heavy atom. The molecule has 0 amide bonds. The molecule has 0 heterocycles. The second-order valence-electron chi connectivity index (χ2n) is 14.4. The quantitative estimate of drug-likeness (QED) is 0.222. The van der Waals surface area contributed by atoms with Gasteiger partial charge < -0.3 is 4.90 Å². The van der Waals surface area contributed by atoms with E-state index in [9.17, 15) is 0 Å². The minimum atomic E-state index is -0.292. The lowest BCUT2D eigenvalue weighted by molar-refractivity contribution is 0.431. The molecule has 0 aliphatic heterocycles. The molecule has 4 aromatic carbocycles. The first kappa shape index (κ1) is 26.9. The average Bonchev–Trinajstić information content (AvgIpc) is 3.76. The Morgan fingerprint density at radius 2 is 1.52 bits per heavy atom. The SMILES string of the molecule is C1=CC2c3ccccc3C3(C4=C(CCC=C4)c4c3cc3c5c(cccc45)C4=C3CCC=C4)C2C(N(C2=CCCC=C2)c2ccccc2)=C1. The Bertz CT molecular complexity index is 2350. The second kappa shape index (κ2) is 9.94. The maximum Gasteiger partial charge on any atom is 0.0555 e. The molecule has 4 aromatic rings. The number of fused-ring (bicyclic) bond motifs is 12. The number of hydrogen-bond acceptors (Lipinski definition) is 1. The molecule has 11 rings (SSSR count). The first-order valence-electron chi connectivity index (χ1n) is 18.0. The van der Waals surface area contributed by atoms with Gasteiger partial charge in [-0.2, -0.15) is 0 Å². The van der Waals surface area contributed by atoms with Crippen LogP contribution in [0.25, 0.3) is 27.5 Å². The fourth-order valence-electron chi connectivity index (χ4n) is 10.6. The highest BCUT2D eigenvalue weighted by Crippen LogP contribution is 2.69. The summed E-state index contributed by atoms with van der Waals surface area (Å²) in [6, 6.07) is 30.4. The smallest absolute Gasteiger partial charge is 0.0555 e. The molecule has 7 aliphatic rings. The lowest BCUT2D eigenvalue weighted by Crippen LogP contribution is -2.41. The number of benzene rings is 4. The summed E-state index contributed by atoms with van der Waals surface area (Å²) in [5.74, 6) is 0.484. The molecular weight excluding hydrogens is 579 g/mol. The van der Waals surface area contributed by atoms with E-state index in [0.717, 1.165) is 38.5 Å². The molecule has 1 nitrogen and oxygen atoms in total. The van der Waals surface area contributed by atoms with Crippen molar-refractivity contribution in [2.75, 3.05) is 4.90 Å². The Balaban J connectivity index is 1.25. The summed E-state index contributed by atoms with van der Waals surface area (Å²) in [4.78, 5) is 2.60. The van der Waals surface area contributed by atoms with Crippen LogP contribution in [0.15, 0.2) is 157 Å². The van der Waals surface area contributed by atoms with Crippen LogP contribution < -0.4 is 4.90 Å². The maximum absolute atomic E-state index is 2.69. The van der Waals surface area contributed by atoms with Gasteiger partial charge in [0.25, 0.3) is 0 Å². The first-order chi connectivity index (χ1) is 23.9. The third-order valence-corrected chi connectivity index (χ3v) is 12.2. The summed E-state index contributed by atoms with van der Waals surface area (Å²) in [5.41, 5.74) is 18.7. The number of allylic oxidation sites excluding steroid dienone is 15. The van der Waals surface area contributed by atoms with Gasteiger partial charge in [-0.05, 0) is 135 Å². The zero-order valence-corrected chi connectivity index (χ0v) is 27.1. The van der Waals surface area contributed by atoms with Crippen molar-refractivity contribution in [3.63, 3.8) is 0 Å². The molecule has 230 valence electrons. The van der Waals surface area contributed by atoms with E-state index in [0.29, 0.717) is 0 Å². The number of nitrogens with zero attached hydrogens (tertiary/aromatic N) is 1. The van der Waals surface area contributed by atoms with Crippen molar-refractivity contribution in [2.24, 2.45) is 5.92 Å². The molecule has 0 aromatic heterocycles. The van der Waals surface area contributed by atoms with Crippen molar-refractivity contribution in [3.05, 3.63) is 190 Å². The minimum absolute atomic E-state index is 0.208. The molecule has 3 atom stereocenters. The molecule has 0 fully saturated rings. The van der Waals surface area contributed by atoms with Crippen LogP contribution in [0, 0.1) is 5.92 Å². The molecule has 1 spiro atoms. The minimum Gasteiger partial charge on any atom is -0.314 e. The highest BCUT2D eigenvalue weighted by Gasteiger charge is 2.61. The van der Waals surface area contributed by atoms with Crippen molar-refractivity contribution in [3.8, 4) is 0 Å². The van der Waals surface area contributed by atoms with E-state index >= 15 is 0 Å². The van der Waals surface area contributed by atoms with Crippen LogP contribution in [-0.2, 0) is 5.41 Å². The highest BCUT2D eigenvalue weighted by molar-refractivity contribution is 6.19. The predicted molar refractivity (Wildman–Crippen MR) is 200 cm³/mol. The number of hydrogen-bond donors (Lipinski definition) is 0. The van der Waals surface area contributed by atoms with E-state index < -0.39 is 0 Å². The van der Waals surface area contributed by atoms with Crippen molar-refractivity contribution < 1.29 is 0 Å². The molecule has 1 heteroatoms. The van der Waals surface area contributed by atoms with Crippen LogP contribution >= 0.6 is 0 Å². The molecule has 0 radical (unpaired) electrons. The molecule has 3 unspecified atom stereocenters. The highest BCUT2D eigenvalue weighted by atomic mass is 15.2. The molecule has 0 N–H and O–H groups in total. The van der Waals surface area contributed by atoms with E-state index in [4.69, 9.17) is 0 Å². The molecule has 0 saturated carbocycles. The molecule has 0 saturated heterocycles. The normalized spacial score (nSPS) is 25.2. The van der Waals surface area contributed by atoms with Crippen LogP contribution in [0.2, 0.25) is 0 Å². The van der Waals surface area contributed by atoms with Crippen LogP contribution in [0.1, 0.15) is 77.8 Å². The van der Waals surface area contributed by atoms with Crippen LogP contribution in [0.3, 0.4) is 0 Å². The molecule has 48 heavy (non-hydrogen) atoms. The number of anilines is 1. The van der Waals surface area contributed by atoms with Crippen LogP contribution in [0.4, 0.5) is 5.69 Å². The van der Waals surface area contributed by atoms with E-state index in [-0.39, 0.29) is 17.3 Å². The van der Waals surface area contributed by atoms with Gasteiger partial charge in [0.15, 0.2) is 0 Å². The average molecular weight is 616 g/mol. The first-order valence-corrected chi connectivity index (χ1v) is 18.0. The zero-order valence-electron chi connectivity index (χ0n) is 27.1. The zero-order chi connectivity index (χ0) is 31.4.